The summed E-state index contributed by atoms with van der Waals surface area (Å²) in [7, 11) is 3.30. The molecule has 9 nitrogen and oxygen atoms in total. The van der Waals surface area contributed by atoms with Crippen molar-refractivity contribution < 1.29 is 14.2 Å². The lowest BCUT2D eigenvalue weighted by molar-refractivity contribution is 0.174. The predicted molar refractivity (Wildman–Crippen MR) is 121 cm³/mol. The van der Waals surface area contributed by atoms with Crippen molar-refractivity contribution in [3.8, 4) is 22.8 Å². The Bertz CT molecular complexity index is 1360. The summed E-state index contributed by atoms with van der Waals surface area (Å²) in [5, 5.41) is 8.85. The van der Waals surface area contributed by atoms with Crippen LogP contribution in [0.4, 0.5) is 0 Å². The second-order valence-corrected chi connectivity index (χ2v) is 7.92. The first-order valence-corrected chi connectivity index (χ1v) is 10.7. The molecular weight excluding hydrogens is 420 g/mol. The van der Waals surface area contributed by atoms with Gasteiger partial charge in [-0.15, -0.1) is 10.2 Å². The molecule has 0 amide bonds. The van der Waals surface area contributed by atoms with Gasteiger partial charge in [-0.1, -0.05) is 30.3 Å². The van der Waals surface area contributed by atoms with E-state index in [0.29, 0.717) is 25.7 Å². The van der Waals surface area contributed by atoms with E-state index in [2.05, 4.69) is 31.5 Å². The molecule has 0 saturated heterocycles. The Kier molecular flexibility index (Phi) is 4.69. The van der Waals surface area contributed by atoms with Crippen LogP contribution < -0.4 is 4.74 Å². The van der Waals surface area contributed by atoms with Crippen LogP contribution in [0.3, 0.4) is 0 Å². The normalized spacial score (nSPS) is 16.3. The van der Waals surface area contributed by atoms with Crippen LogP contribution in [-0.4, -0.2) is 51.0 Å². The summed E-state index contributed by atoms with van der Waals surface area (Å²) in [6, 6.07) is 16.0. The molecule has 4 aromatic rings. The average Bonchev–Trinajstić information content (AvgIpc) is 3.57. The minimum absolute atomic E-state index is 0.0459. The number of imidazole rings is 1. The first kappa shape index (κ1) is 19.7. The third-order valence-corrected chi connectivity index (χ3v) is 6.02. The number of aliphatic imine (C=N–C) groups is 1. The van der Waals surface area contributed by atoms with Crippen molar-refractivity contribution >= 4 is 5.90 Å². The highest BCUT2D eigenvalue weighted by Crippen LogP contribution is 2.36. The van der Waals surface area contributed by atoms with Crippen LogP contribution in [-0.2, 0) is 22.6 Å². The molecule has 0 aliphatic carbocycles. The molecule has 2 aliphatic heterocycles. The molecule has 4 heterocycles. The SMILES string of the molecule is COCc1nnc2n1Cc1c(C3=N[C@H](c4ccccc4)CO3)ncn1-c1ccc(OC)cc1-2. The number of benzene rings is 2. The molecule has 0 radical (unpaired) electrons. The van der Waals surface area contributed by atoms with Crippen molar-refractivity contribution in [1.29, 1.82) is 0 Å². The van der Waals surface area contributed by atoms with E-state index < -0.39 is 0 Å². The van der Waals surface area contributed by atoms with Crippen LogP contribution in [0.25, 0.3) is 17.1 Å². The highest BCUT2D eigenvalue weighted by molar-refractivity contribution is 5.95. The lowest BCUT2D eigenvalue weighted by Crippen LogP contribution is -2.13. The Balaban J connectivity index is 1.49. The maximum absolute atomic E-state index is 6.03. The van der Waals surface area contributed by atoms with Crippen molar-refractivity contribution in [3.63, 3.8) is 0 Å². The third-order valence-electron chi connectivity index (χ3n) is 6.02. The molecule has 0 unspecified atom stereocenters. The minimum atomic E-state index is -0.0459. The van der Waals surface area contributed by atoms with E-state index in [1.807, 2.05) is 42.7 Å². The predicted octanol–water partition coefficient (Wildman–Crippen LogP) is 3.17. The molecular formula is C24H22N6O3. The van der Waals surface area contributed by atoms with Crippen molar-refractivity contribution in [2.45, 2.75) is 19.2 Å². The lowest BCUT2D eigenvalue weighted by Gasteiger charge is -2.10. The molecule has 1 atom stereocenters. The zero-order valence-electron chi connectivity index (χ0n) is 18.3. The van der Waals surface area contributed by atoms with Gasteiger partial charge in [0, 0.05) is 12.7 Å². The van der Waals surface area contributed by atoms with Gasteiger partial charge in [0.25, 0.3) is 0 Å². The summed E-state index contributed by atoms with van der Waals surface area (Å²) in [4.78, 5) is 9.57. The van der Waals surface area contributed by atoms with Crippen LogP contribution in [0.2, 0.25) is 0 Å². The molecule has 0 fully saturated rings. The maximum Gasteiger partial charge on any atom is 0.238 e. The summed E-state index contributed by atoms with van der Waals surface area (Å²) >= 11 is 0. The summed E-state index contributed by atoms with van der Waals surface area (Å²) in [6.07, 6.45) is 1.81. The van der Waals surface area contributed by atoms with Gasteiger partial charge in [0.1, 0.15) is 37.0 Å². The topological polar surface area (TPSA) is 88.6 Å². The fourth-order valence-corrected chi connectivity index (χ4v) is 4.38. The molecule has 0 saturated carbocycles. The van der Waals surface area contributed by atoms with Gasteiger partial charge in [0.15, 0.2) is 11.6 Å². The largest absolute Gasteiger partial charge is 0.497 e. The van der Waals surface area contributed by atoms with E-state index in [9.17, 15) is 0 Å². The van der Waals surface area contributed by atoms with E-state index in [0.717, 1.165) is 45.6 Å². The monoisotopic (exact) mass is 442 g/mol. The second-order valence-electron chi connectivity index (χ2n) is 7.92. The molecule has 2 aliphatic rings. The highest BCUT2D eigenvalue weighted by atomic mass is 16.5. The van der Waals surface area contributed by atoms with E-state index in [-0.39, 0.29) is 6.04 Å². The van der Waals surface area contributed by atoms with Crippen LogP contribution in [0.15, 0.2) is 59.9 Å². The number of methoxy groups -OCH3 is 2. The Labute approximate surface area is 190 Å². The smallest absolute Gasteiger partial charge is 0.238 e. The highest BCUT2D eigenvalue weighted by Gasteiger charge is 2.31. The number of aromatic nitrogens is 5. The van der Waals surface area contributed by atoms with E-state index >= 15 is 0 Å². The summed E-state index contributed by atoms with van der Waals surface area (Å²) in [5.74, 6) is 2.78. The van der Waals surface area contributed by atoms with Gasteiger partial charge in [-0.25, -0.2) is 9.98 Å². The Hall–Kier alpha value is -3.98. The number of nitrogens with zero attached hydrogens (tertiary/aromatic N) is 6. The molecule has 6 rings (SSSR count). The van der Waals surface area contributed by atoms with Gasteiger partial charge < -0.3 is 18.8 Å². The molecule has 0 bridgehead atoms. The molecule has 166 valence electrons. The van der Waals surface area contributed by atoms with Crippen molar-refractivity contribution in [1.82, 2.24) is 24.3 Å². The van der Waals surface area contributed by atoms with Gasteiger partial charge in [0.2, 0.25) is 5.90 Å². The maximum atomic E-state index is 6.03. The molecule has 2 aromatic heterocycles. The van der Waals surface area contributed by atoms with E-state index in [1.165, 1.54) is 0 Å². The first-order valence-electron chi connectivity index (χ1n) is 10.7. The van der Waals surface area contributed by atoms with Crippen LogP contribution >= 0.6 is 0 Å². The average molecular weight is 442 g/mol. The molecule has 0 N–H and O–H groups in total. The third kappa shape index (κ3) is 3.20. The summed E-state index contributed by atoms with van der Waals surface area (Å²) in [5.41, 5.74) is 4.64. The van der Waals surface area contributed by atoms with E-state index in [1.54, 1.807) is 14.2 Å². The summed E-state index contributed by atoms with van der Waals surface area (Å²) < 4.78 is 21.0. The van der Waals surface area contributed by atoms with E-state index in [4.69, 9.17) is 24.2 Å². The van der Waals surface area contributed by atoms with Crippen molar-refractivity contribution in [3.05, 3.63) is 77.6 Å². The Morgan fingerprint density at radius 1 is 1.09 bits per heavy atom. The van der Waals surface area contributed by atoms with Crippen LogP contribution in [0, 0.1) is 0 Å². The number of rotatable bonds is 5. The Morgan fingerprint density at radius 3 is 2.79 bits per heavy atom. The van der Waals surface area contributed by atoms with Gasteiger partial charge in [-0.05, 0) is 23.8 Å². The standard InChI is InChI=1S/C24H22N6O3/c1-31-13-21-27-28-23-17-10-16(32-2)8-9-19(17)30-14-25-22(20(30)11-29(21)23)24-26-18(12-33-24)15-6-4-3-5-7-15/h3-10,14,18H,11-13H2,1-2H3/t18-/m0/s1. The van der Waals surface area contributed by atoms with Crippen molar-refractivity contribution in [2.24, 2.45) is 4.99 Å². The molecule has 33 heavy (non-hydrogen) atoms. The quantitative estimate of drug-likeness (QED) is 0.415. The molecule has 2 aromatic carbocycles. The number of ether oxygens (including phenoxy) is 3. The second kappa shape index (κ2) is 7.86. The van der Waals surface area contributed by atoms with Crippen molar-refractivity contribution in [2.75, 3.05) is 20.8 Å². The fourth-order valence-electron chi connectivity index (χ4n) is 4.38. The van der Waals surface area contributed by atoms with Gasteiger partial charge in [0.05, 0.1) is 25.0 Å². The fraction of sp³-hybridized carbons (Fsp3) is 0.250. The summed E-state index contributed by atoms with van der Waals surface area (Å²) in [6.45, 7) is 1.35. The first-order chi connectivity index (χ1) is 16.3. The van der Waals surface area contributed by atoms with Gasteiger partial charge in [-0.3, -0.25) is 4.57 Å². The molecule has 0 spiro atoms. The number of fused-ring (bicyclic) bond motifs is 5. The lowest BCUT2D eigenvalue weighted by atomic mass is 10.1. The zero-order chi connectivity index (χ0) is 22.4. The van der Waals surface area contributed by atoms with Gasteiger partial charge >= 0.3 is 0 Å². The van der Waals surface area contributed by atoms with Gasteiger partial charge in [-0.2, -0.15) is 0 Å². The van der Waals surface area contributed by atoms with Crippen LogP contribution in [0.1, 0.15) is 28.8 Å². The minimum Gasteiger partial charge on any atom is -0.497 e. The Morgan fingerprint density at radius 2 is 1.97 bits per heavy atom. The molecule has 9 heteroatoms. The number of hydrogen-bond acceptors (Lipinski definition) is 7. The van der Waals surface area contributed by atoms with Crippen LogP contribution in [0.5, 0.6) is 5.75 Å². The number of hydrogen-bond donors (Lipinski definition) is 0. The zero-order valence-corrected chi connectivity index (χ0v) is 18.3.